The van der Waals surface area contributed by atoms with Crippen molar-refractivity contribution in [3.05, 3.63) is 89.5 Å². The van der Waals surface area contributed by atoms with Gasteiger partial charge in [-0.05, 0) is 54.6 Å². The fraction of sp³-hybridized carbons (Fsp3) is 0.0909. The van der Waals surface area contributed by atoms with E-state index in [4.69, 9.17) is 15.2 Å². The number of carbonyl (C=O) groups excluding carboxylic acids is 2. The monoisotopic (exact) mass is 376 g/mol. The second-order valence-electron chi connectivity index (χ2n) is 6.02. The van der Waals surface area contributed by atoms with Gasteiger partial charge in [-0.25, -0.2) is 0 Å². The average Bonchev–Trinajstić information content (AvgIpc) is 2.73. The molecule has 0 atom stereocenters. The van der Waals surface area contributed by atoms with Crippen molar-refractivity contribution < 1.29 is 19.1 Å². The van der Waals surface area contributed by atoms with E-state index in [2.05, 4.69) is 5.32 Å². The highest BCUT2D eigenvalue weighted by Gasteiger charge is 2.12. The second-order valence-corrected chi connectivity index (χ2v) is 6.02. The van der Waals surface area contributed by atoms with Crippen molar-refractivity contribution in [3.63, 3.8) is 0 Å². The van der Waals surface area contributed by atoms with Crippen LogP contribution in [0.3, 0.4) is 0 Å². The average molecular weight is 376 g/mol. The molecule has 2 amide bonds. The zero-order chi connectivity index (χ0) is 19.9. The number of para-hydroxylation sites is 1. The molecule has 0 aliphatic rings. The van der Waals surface area contributed by atoms with E-state index in [1.54, 1.807) is 49.6 Å². The molecule has 6 heteroatoms. The summed E-state index contributed by atoms with van der Waals surface area (Å²) < 4.78 is 11.1. The molecule has 3 N–H and O–H groups in total. The molecule has 0 radical (unpaired) electrons. The highest BCUT2D eigenvalue weighted by Crippen LogP contribution is 2.23. The molecule has 28 heavy (non-hydrogen) atoms. The number of hydrogen-bond acceptors (Lipinski definition) is 4. The molecule has 3 aromatic carbocycles. The molecular weight excluding hydrogens is 356 g/mol. The Bertz CT molecular complexity index is 970. The number of hydrogen-bond donors (Lipinski definition) is 2. The van der Waals surface area contributed by atoms with Crippen LogP contribution in [0.2, 0.25) is 0 Å². The smallest absolute Gasteiger partial charge is 0.255 e. The molecular formula is C22H20N2O4. The lowest BCUT2D eigenvalue weighted by Crippen LogP contribution is -2.14. The minimum Gasteiger partial charge on any atom is -0.496 e. The van der Waals surface area contributed by atoms with Gasteiger partial charge in [-0.15, -0.1) is 0 Å². The maximum atomic E-state index is 12.6. The van der Waals surface area contributed by atoms with Crippen LogP contribution in [0.1, 0.15) is 26.3 Å². The minimum atomic E-state index is -0.518. The van der Waals surface area contributed by atoms with Crippen LogP contribution in [-0.2, 0) is 6.61 Å². The van der Waals surface area contributed by atoms with Gasteiger partial charge in [0.05, 0.1) is 7.11 Å². The predicted molar refractivity (Wildman–Crippen MR) is 107 cm³/mol. The standard InChI is InChI=1S/C22H20N2O4/c1-27-20-12-9-16(13-17(20)14-28-19-5-3-2-4-6-19)22(26)24-18-10-7-15(8-11-18)21(23)25/h2-13H,14H2,1H3,(H2,23,25)(H,24,26). The Kier molecular flexibility index (Phi) is 5.91. The zero-order valence-electron chi connectivity index (χ0n) is 15.3. The molecule has 0 aromatic heterocycles. The summed E-state index contributed by atoms with van der Waals surface area (Å²) in [5.41, 5.74) is 7.38. The number of rotatable bonds is 7. The van der Waals surface area contributed by atoms with Crippen molar-refractivity contribution >= 4 is 17.5 Å². The molecule has 0 bridgehead atoms. The van der Waals surface area contributed by atoms with E-state index < -0.39 is 5.91 Å². The Balaban J connectivity index is 1.73. The number of nitrogens with one attached hydrogen (secondary N) is 1. The first-order valence-electron chi connectivity index (χ1n) is 8.63. The molecule has 0 aliphatic heterocycles. The van der Waals surface area contributed by atoms with Gasteiger partial charge in [0.25, 0.3) is 5.91 Å². The molecule has 0 spiro atoms. The third-order valence-corrected chi connectivity index (χ3v) is 4.11. The lowest BCUT2D eigenvalue weighted by atomic mass is 10.1. The topological polar surface area (TPSA) is 90.6 Å². The van der Waals surface area contributed by atoms with Gasteiger partial charge in [-0.1, -0.05) is 18.2 Å². The van der Waals surface area contributed by atoms with Crippen molar-refractivity contribution in [2.45, 2.75) is 6.61 Å². The molecule has 0 fully saturated rings. The minimum absolute atomic E-state index is 0.265. The Hall–Kier alpha value is -3.80. The van der Waals surface area contributed by atoms with Crippen LogP contribution < -0.4 is 20.5 Å². The number of amides is 2. The van der Waals surface area contributed by atoms with Gasteiger partial charge in [-0.3, -0.25) is 9.59 Å². The molecule has 0 aliphatic carbocycles. The van der Waals surface area contributed by atoms with Crippen LogP contribution in [0.15, 0.2) is 72.8 Å². The normalized spacial score (nSPS) is 10.2. The highest BCUT2D eigenvalue weighted by atomic mass is 16.5. The summed E-state index contributed by atoms with van der Waals surface area (Å²) >= 11 is 0. The van der Waals surface area contributed by atoms with Gasteiger partial charge in [0.15, 0.2) is 0 Å². The van der Waals surface area contributed by atoms with Gasteiger partial charge >= 0.3 is 0 Å². The summed E-state index contributed by atoms with van der Waals surface area (Å²) in [4.78, 5) is 23.7. The summed E-state index contributed by atoms with van der Waals surface area (Å²) in [5, 5.41) is 2.79. The Morgan fingerprint density at radius 1 is 0.929 bits per heavy atom. The summed E-state index contributed by atoms with van der Waals surface area (Å²) in [6.07, 6.45) is 0. The Morgan fingerprint density at radius 3 is 2.25 bits per heavy atom. The van der Waals surface area contributed by atoms with Crippen LogP contribution >= 0.6 is 0 Å². The lowest BCUT2D eigenvalue weighted by molar-refractivity contribution is 0.0998. The van der Waals surface area contributed by atoms with Crippen LogP contribution in [0, 0.1) is 0 Å². The number of benzene rings is 3. The van der Waals surface area contributed by atoms with Crippen molar-refractivity contribution in [3.8, 4) is 11.5 Å². The molecule has 0 saturated heterocycles. The van der Waals surface area contributed by atoms with Crippen LogP contribution in [0.25, 0.3) is 0 Å². The second kappa shape index (κ2) is 8.73. The highest BCUT2D eigenvalue weighted by molar-refractivity contribution is 6.04. The quantitative estimate of drug-likeness (QED) is 0.659. The molecule has 0 saturated carbocycles. The molecule has 142 valence electrons. The maximum Gasteiger partial charge on any atom is 0.255 e. The first-order valence-corrected chi connectivity index (χ1v) is 8.63. The SMILES string of the molecule is COc1ccc(C(=O)Nc2ccc(C(N)=O)cc2)cc1COc1ccccc1. The number of primary amides is 1. The molecule has 3 aromatic rings. The zero-order valence-corrected chi connectivity index (χ0v) is 15.3. The predicted octanol–water partition coefficient (Wildman–Crippen LogP) is 3.63. The fourth-order valence-electron chi connectivity index (χ4n) is 2.63. The molecule has 6 nitrogen and oxygen atoms in total. The van der Waals surface area contributed by atoms with Gasteiger partial charge in [-0.2, -0.15) is 0 Å². The number of methoxy groups -OCH3 is 1. The lowest BCUT2D eigenvalue weighted by Gasteiger charge is -2.12. The number of carbonyl (C=O) groups is 2. The van der Waals surface area contributed by atoms with Crippen LogP contribution in [-0.4, -0.2) is 18.9 Å². The summed E-state index contributed by atoms with van der Waals surface area (Å²) in [5.74, 6) is 0.568. The van der Waals surface area contributed by atoms with E-state index in [0.717, 1.165) is 11.3 Å². The van der Waals surface area contributed by atoms with E-state index in [1.165, 1.54) is 0 Å². The molecule has 0 unspecified atom stereocenters. The van der Waals surface area contributed by atoms with Crippen LogP contribution in [0.4, 0.5) is 5.69 Å². The van der Waals surface area contributed by atoms with E-state index in [9.17, 15) is 9.59 Å². The number of nitrogens with two attached hydrogens (primary N) is 1. The van der Waals surface area contributed by atoms with Crippen molar-refractivity contribution in [2.24, 2.45) is 5.73 Å². The summed E-state index contributed by atoms with van der Waals surface area (Å²) in [7, 11) is 1.57. The summed E-state index contributed by atoms with van der Waals surface area (Å²) in [6.45, 7) is 0.265. The van der Waals surface area contributed by atoms with Crippen molar-refractivity contribution in [2.75, 3.05) is 12.4 Å². The van der Waals surface area contributed by atoms with Gasteiger partial charge in [0.2, 0.25) is 5.91 Å². The summed E-state index contributed by atoms with van der Waals surface area (Å²) in [6, 6.07) is 20.9. The van der Waals surface area contributed by atoms with E-state index in [-0.39, 0.29) is 12.5 Å². The number of anilines is 1. The molecule has 3 rings (SSSR count). The van der Waals surface area contributed by atoms with Gasteiger partial charge in [0, 0.05) is 22.4 Å². The van der Waals surface area contributed by atoms with Crippen LogP contribution in [0.5, 0.6) is 11.5 Å². The van der Waals surface area contributed by atoms with E-state index >= 15 is 0 Å². The van der Waals surface area contributed by atoms with E-state index in [0.29, 0.717) is 22.6 Å². The largest absolute Gasteiger partial charge is 0.496 e. The van der Waals surface area contributed by atoms with Crippen molar-refractivity contribution in [1.29, 1.82) is 0 Å². The third kappa shape index (κ3) is 4.67. The first-order chi connectivity index (χ1) is 13.6. The first kappa shape index (κ1) is 19.0. The van der Waals surface area contributed by atoms with Crippen molar-refractivity contribution in [1.82, 2.24) is 0 Å². The Labute approximate surface area is 162 Å². The molecule has 0 heterocycles. The van der Waals surface area contributed by atoms with Gasteiger partial charge in [0.1, 0.15) is 18.1 Å². The Morgan fingerprint density at radius 2 is 1.61 bits per heavy atom. The van der Waals surface area contributed by atoms with Gasteiger partial charge < -0.3 is 20.5 Å². The van der Waals surface area contributed by atoms with E-state index in [1.807, 2.05) is 30.3 Å². The number of ether oxygens (including phenoxy) is 2. The maximum absolute atomic E-state index is 12.6. The fourth-order valence-corrected chi connectivity index (χ4v) is 2.63. The third-order valence-electron chi connectivity index (χ3n) is 4.11.